The SMILES string of the molecule is O=C(Nc1ccccc1)N1CCC(c2nc(-c3cc(C4=CCCC=C4)on3)cs2)CC1. The summed E-state index contributed by atoms with van der Waals surface area (Å²) in [6, 6.07) is 11.5. The summed E-state index contributed by atoms with van der Waals surface area (Å²) in [6.07, 6.45) is 10.4. The molecule has 2 aromatic heterocycles. The first-order valence-corrected chi connectivity index (χ1v) is 11.5. The molecule has 7 heteroatoms. The summed E-state index contributed by atoms with van der Waals surface area (Å²) in [6.45, 7) is 1.46. The Labute approximate surface area is 185 Å². The average molecular weight is 433 g/mol. The van der Waals surface area contributed by atoms with Gasteiger partial charge in [0, 0.05) is 41.7 Å². The number of nitrogens with one attached hydrogen (secondary N) is 1. The number of urea groups is 1. The Balaban J connectivity index is 1.19. The molecule has 1 aromatic carbocycles. The summed E-state index contributed by atoms with van der Waals surface area (Å²) in [5, 5.41) is 10.4. The second-order valence-electron chi connectivity index (χ2n) is 7.84. The number of carbonyl (C=O) groups is 1. The predicted molar refractivity (Wildman–Crippen MR) is 123 cm³/mol. The third-order valence-corrected chi connectivity index (χ3v) is 6.74. The van der Waals surface area contributed by atoms with Crippen LogP contribution < -0.4 is 5.32 Å². The van der Waals surface area contributed by atoms with Crippen LogP contribution in [0.2, 0.25) is 0 Å². The van der Waals surface area contributed by atoms with Crippen LogP contribution in [0, 0.1) is 0 Å². The van der Waals surface area contributed by atoms with Crippen LogP contribution in [0.25, 0.3) is 17.0 Å². The van der Waals surface area contributed by atoms with E-state index in [1.165, 1.54) is 0 Å². The van der Waals surface area contributed by atoms with E-state index in [2.05, 4.69) is 34.1 Å². The van der Waals surface area contributed by atoms with Crippen LogP contribution in [-0.4, -0.2) is 34.2 Å². The van der Waals surface area contributed by atoms with Crippen LogP contribution in [0.1, 0.15) is 42.4 Å². The van der Waals surface area contributed by atoms with Crippen molar-refractivity contribution in [2.24, 2.45) is 0 Å². The first kappa shape index (κ1) is 19.8. The van der Waals surface area contributed by atoms with Gasteiger partial charge in [0.1, 0.15) is 11.4 Å². The highest BCUT2D eigenvalue weighted by molar-refractivity contribution is 7.10. The van der Waals surface area contributed by atoms with Gasteiger partial charge in [0.05, 0.1) is 5.01 Å². The molecule has 5 rings (SSSR count). The van der Waals surface area contributed by atoms with E-state index in [0.29, 0.717) is 5.92 Å². The van der Waals surface area contributed by atoms with Gasteiger partial charge in [-0.1, -0.05) is 41.6 Å². The van der Waals surface area contributed by atoms with Gasteiger partial charge in [0.15, 0.2) is 5.76 Å². The van der Waals surface area contributed by atoms with E-state index in [9.17, 15) is 4.79 Å². The molecule has 1 aliphatic carbocycles. The van der Waals surface area contributed by atoms with Crippen LogP contribution in [0.3, 0.4) is 0 Å². The smallest absolute Gasteiger partial charge is 0.321 e. The quantitative estimate of drug-likeness (QED) is 0.553. The van der Waals surface area contributed by atoms with E-state index in [1.807, 2.05) is 41.3 Å². The summed E-state index contributed by atoms with van der Waals surface area (Å²) < 4.78 is 5.55. The lowest BCUT2D eigenvalue weighted by Gasteiger charge is -2.31. The molecule has 0 saturated carbocycles. The highest BCUT2D eigenvalue weighted by Gasteiger charge is 2.26. The van der Waals surface area contributed by atoms with Gasteiger partial charge >= 0.3 is 6.03 Å². The number of piperidine rings is 1. The topological polar surface area (TPSA) is 71.3 Å². The number of amides is 2. The van der Waals surface area contributed by atoms with Crippen molar-refractivity contribution in [1.29, 1.82) is 0 Å². The minimum atomic E-state index is -0.0364. The van der Waals surface area contributed by atoms with Crippen molar-refractivity contribution < 1.29 is 9.32 Å². The summed E-state index contributed by atoms with van der Waals surface area (Å²) >= 11 is 1.67. The van der Waals surface area contributed by atoms with E-state index in [-0.39, 0.29) is 6.03 Å². The van der Waals surface area contributed by atoms with Crippen LogP contribution in [0.5, 0.6) is 0 Å². The molecule has 0 spiro atoms. The summed E-state index contributed by atoms with van der Waals surface area (Å²) in [5.74, 6) is 1.16. The number of hydrogen-bond acceptors (Lipinski definition) is 5. The Morgan fingerprint density at radius 3 is 2.74 bits per heavy atom. The monoisotopic (exact) mass is 432 g/mol. The zero-order chi connectivity index (χ0) is 21.0. The van der Waals surface area contributed by atoms with Crippen molar-refractivity contribution in [3.05, 3.63) is 70.8 Å². The number of likely N-dealkylation sites (tertiary alicyclic amines) is 1. The Kier molecular flexibility index (Phi) is 5.67. The zero-order valence-electron chi connectivity index (χ0n) is 17.2. The second kappa shape index (κ2) is 8.89. The maximum Gasteiger partial charge on any atom is 0.321 e. The number of allylic oxidation sites excluding steroid dienone is 4. The van der Waals surface area contributed by atoms with E-state index in [0.717, 1.165) is 72.2 Å². The maximum atomic E-state index is 12.5. The molecule has 0 radical (unpaired) electrons. The van der Waals surface area contributed by atoms with Crippen molar-refractivity contribution in [2.75, 3.05) is 18.4 Å². The van der Waals surface area contributed by atoms with Crippen molar-refractivity contribution in [1.82, 2.24) is 15.0 Å². The first-order valence-electron chi connectivity index (χ1n) is 10.7. The molecular weight excluding hydrogens is 408 g/mol. The van der Waals surface area contributed by atoms with Crippen LogP contribution in [0.4, 0.5) is 10.5 Å². The van der Waals surface area contributed by atoms with E-state index >= 15 is 0 Å². The number of hydrogen-bond donors (Lipinski definition) is 1. The molecular formula is C24H24N4O2S. The molecule has 2 amide bonds. The highest BCUT2D eigenvalue weighted by Crippen LogP contribution is 2.33. The predicted octanol–water partition coefficient (Wildman–Crippen LogP) is 5.94. The largest absolute Gasteiger partial charge is 0.356 e. The minimum absolute atomic E-state index is 0.0364. The molecule has 0 atom stereocenters. The Morgan fingerprint density at radius 2 is 1.97 bits per heavy atom. The summed E-state index contributed by atoms with van der Waals surface area (Å²) in [4.78, 5) is 19.2. The molecule has 31 heavy (non-hydrogen) atoms. The molecule has 6 nitrogen and oxygen atoms in total. The Morgan fingerprint density at radius 1 is 1.13 bits per heavy atom. The third kappa shape index (κ3) is 4.46. The lowest BCUT2D eigenvalue weighted by atomic mass is 9.98. The fourth-order valence-electron chi connectivity index (χ4n) is 3.97. The fraction of sp³-hybridized carbons (Fsp3) is 0.292. The number of benzene rings is 1. The molecule has 0 bridgehead atoms. The number of nitrogens with zero attached hydrogens (tertiary/aromatic N) is 3. The maximum absolute atomic E-state index is 12.5. The molecule has 1 saturated heterocycles. The van der Waals surface area contributed by atoms with Gasteiger partial charge in [0.2, 0.25) is 0 Å². The van der Waals surface area contributed by atoms with Gasteiger partial charge < -0.3 is 14.7 Å². The number of anilines is 1. The molecule has 3 aromatic rings. The lowest BCUT2D eigenvalue weighted by Crippen LogP contribution is -2.40. The standard InChI is InChI=1S/C24H24N4O2S/c29-24(25-19-9-5-2-6-10-19)28-13-11-18(12-14-28)23-26-21(16-31-23)20-15-22(30-27-20)17-7-3-1-4-8-17/h2-3,5-10,15-16,18H,1,4,11-14H2,(H,25,29). The summed E-state index contributed by atoms with van der Waals surface area (Å²) in [5.41, 5.74) is 3.55. The Bertz CT molecular complexity index is 1110. The van der Waals surface area contributed by atoms with Gasteiger partial charge in [0.25, 0.3) is 0 Å². The van der Waals surface area contributed by atoms with E-state index in [1.54, 1.807) is 11.3 Å². The second-order valence-corrected chi connectivity index (χ2v) is 8.73. The van der Waals surface area contributed by atoms with Crippen LogP contribution >= 0.6 is 11.3 Å². The molecule has 158 valence electrons. The van der Waals surface area contributed by atoms with Gasteiger partial charge in [-0.05, 0) is 37.8 Å². The zero-order valence-corrected chi connectivity index (χ0v) is 18.0. The van der Waals surface area contributed by atoms with Crippen molar-refractivity contribution >= 4 is 28.6 Å². The van der Waals surface area contributed by atoms with Gasteiger partial charge in [-0.3, -0.25) is 0 Å². The number of para-hydroxylation sites is 1. The van der Waals surface area contributed by atoms with Crippen LogP contribution in [-0.2, 0) is 0 Å². The van der Waals surface area contributed by atoms with E-state index < -0.39 is 0 Å². The molecule has 1 fully saturated rings. The Hall–Kier alpha value is -3.19. The van der Waals surface area contributed by atoms with Crippen LogP contribution in [0.15, 0.2) is 64.5 Å². The van der Waals surface area contributed by atoms with E-state index in [4.69, 9.17) is 9.51 Å². The fourth-order valence-corrected chi connectivity index (χ4v) is 4.96. The lowest BCUT2D eigenvalue weighted by molar-refractivity contribution is 0.194. The summed E-state index contributed by atoms with van der Waals surface area (Å²) in [7, 11) is 0. The average Bonchev–Trinajstić information content (AvgIpc) is 3.51. The van der Waals surface area contributed by atoms with Gasteiger partial charge in [-0.2, -0.15) is 0 Å². The normalized spacial score (nSPS) is 16.9. The number of carbonyl (C=O) groups excluding carboxylic acids is 1. The minimum Gasteiger partial charge on any atom is -0.356 e. The molecule has 3 heterocycles. The molecule has 1 aliphatic heterocycles. The van der Waals surface area contributed by atoms with Crippen molar-refractivity contribution in [2.45, 2.75) is 31.6 Å². The van der Waals surface area contributed by atoms with Crippen molar-refractivity contribution in [3.63, 3.8) is 0 Å². The molecule has 2 aliphatic rings. The third-order valence-electron chi connectivity index (χ3n) is 5.73. The number of aromatic nitrogens is 2. The number of thiazole rings is 1. The molecule has 0 unspecified atom stereocenters. The highest BCUT2D eigenvalue weighted by atomic mass is 32.1. The first-order chi connectivity index (χ1) is 15.3. The van der Waals surface area contributed by atoms with Gasteiger partial charge in [-0.15, -0.1) is 11.3 Å². The van der Waals surface area contributed by atoms with Gasteiger partial charge in [-0.25, -0.2) is 9.78 Å². The molecule has 1 N–H and O–H groups in total. The number of rotatable bonds is 4. The van der Waals surface area contributed by atoms with Crippen molar-refractivity contribution in [3.8, 4) is 11.4 Å².